The first-order chi connectivity index (χ1) is 9.82. The van der Waals surface area contributed by atoms with Crippen molar-refractivity contribution in [1.29, 1.82) is 0 Å². The Kier molecular flexibility index (Phi) is 3.11. The van der Waals surface area contributed by atoms with Crippen LogP contribution in [-0.2, 0) is 10.0 Å². The first kappa shape index (κ1) is 14.2. The van der Waals surface area contributed by atoms with E-state index in [1.54, 1.807) is 0 Å². The van der Waals surface area contributed by atoms with Gasteiger partial charge in [0.25, 0.3) is 15.9 Å². The molecule has 0 saturated heterocycles. The Morgan fingerprint density at radius 2 is 2.10 bits per heavy atom. The van der Waals surface area contributed by atoms with E-state index >= 15 is 0 Å². The highest BCUT2D eigenvalue weighted by Gasteiger charge is 2.44. The fraction of sp³-hybridized carbons (Fsp3) is 0. The van der Waals surface area contributed by atoms with Crippen LogP contribution in [0.3, 0.4) is 0 Å². The van der Waals surface area contributed by atoms with Gasteiger partial charge >= 0.3 is 5.97 Å². The van der Waals surface area contributed by atoms with Crippen LogP contribution in [0.25, 0.3) is 0 Å². The number of nitrogens with zero attached hydrogens (tertiary/aromatic N) is 2. The number of halogens is 1. The lowest BCUT2D eigenvalue weighted by atomic mass is 10.1. The molecule has 1 aliphatic rings. The molecule has 0 atom stereocenters. The van der Waals surface area contributed by atoms with Gasteiger partial charge in [-0.25, -0.2) is 18.2 Å². The normalized spacial score (nSPS) is 16.0. The van der Waals surface area contributed by atoms with Crippen LogP contribution < -0.4 is 4.31 Å². The Balaban J connectivity index is 2.21. The smallest absolute Gasteiger partial charge is 0.335 e. The summed E-state index contributed by atoms with van der Waals surface area (Å²) in [4.78, 5) is 26.7. The number of fused-ring (bicyclic) bond motifs is 1. The summed E-state index contributed by atoms with van der Waals surface area (Å²) >= 11 is 4.14. The number of carboxylic acid groups (broad SMARTS) is 1. The molecule has 0 bridgehead atoms. The molecule has 0 unspecified atom stereocenters. The number of anilines is 1. The van der Waals surface area contributed by atoms with Crippen LogP contribution in [0.4, 0.5) is 5.13 Å². The van der Waals surface area contributed by atoms with Gasteiger partial charge in [0.1, 0.15) is 4.90 Å². The molecule has 2 heterocycles. The minimum atomic E-state index is -4.14. The fourth-order valence-corrected chi connectivity index (χ4v) is 4.86. The third kappa shape index (κ3) is 2.06. The molecule has 3 rings (SSSR count). The molecular weight excluding hydrogens is 384 g/mol. The van der Waals surface area contributed by atoms with Gasteiger partial charge in [-0.3, -0.25) is 4.79 Å². The van der Waals surface area contributed by atoms with Gasteiger partial charge in [0.2, 0.25) is 5.13 Å². The van der Waals surface area contributed by atoms with Crippen LogP contribution in [0.1, 0.15) is 20.7 Å². The number of sulfonamides is 1. The Morgan fingerprint density at radius 3 is 2.67 bits per heavy atom. The van der Waals surface area contributed by atoms with Crippen LogP contribution in [0.15, 0.2) is 33.1 Å². The van der Waals surface area contributed by atoms with Crippen LogP contribution in [0.5, 0.6) is 0 Å². The second-order valence-electron chi connectivity index (χ2n) is 4.04. The predicted octanol–water partition coefficient (Wildman–Crippen LogP) is 1.95. The molecule has 0 spiro atoms. The number of amides is 1. The van der Waals surface area contributed by atoms with Crippen molar-refractivity contribution in [3.8, 4) is 0 Å². The van der Waals surface area contributed by atoms with Crippen LogP contribution in [-0.4, -0.2) is 30.4 Å². The van der Waals surface area contributed by atoms with Crippen molar-refractivity contribution in [2.45, 2.75) is 4.90 Å². The zero-order valence-corrected chi connectivity index (χ0v) is 13.2. The molecule has 1 N–H and O–H groups in total. The Morgan fingerprint density at radius 1 is 1.38 bits per heavy atom. The number of benzene rings is 1. The molecule has 10 heteroatoms. The van der Waals surface area contributed by atoms with Crippen molar-refractivity contribution in [3.05, 3.63) is 39.3 Å². The van der Waals surface area contributed by atoms with E-state index in [4.69, 9.17) is 5.11 Å². The summed E-state index contributed by atoms with van der Waals surface area (Å²) in [5.74, 6) is -2.01. The minimum absolute atomic E-state index is 0.0000463. The van der Waals surface area contributed by atoms with Gasteiger partial charge in [-0.2, -0.15) is 4.31 Å². The Labute approximate surface area is 131 Å². The average molecular weight is 389 g/mol. The summed E-state index contributed by atoms with van der Waals surface area (Å²) in [5.41, 5.74) is -0.265. The largest absolute Gasteiger partial charge is 0.478 e. The number of aromatic nitrogens is 1. The number of hydrogen-bond donors (Lipinski definition) is 1. The summed E-state index contributed by atoms with van der Waals surface area (Å²) < 4.78 is 26.0. The van der Waals surface area contributed by atoms with Gasteiger partial charge in [0.05, 0.1) is 21.1 Å². The van der Waals surface area contributed by atoms with Crippen LogP contribution in [0, 0.1) is 0 Å². The number of hydrogen-bond acceptors (Lipinski definition) is 6. The first-order valence-corrected chi connectivity index (χ1v) is 8.45. The highest BCUT2D eigenvalue weighted by molar-refractivity contribution is 9.11. The van der Waals surface area contributed by atoms with E-state index in [0.29, 0.717) is 8.09 Å². The van der Waals surface area contributed by atoms with Gasteiger partial charge in [-0.15, -0.1) is 0 Å². The molecule has 2 aromatic rings. The summed E-state index contributed by atoms with van der Waals surface area (Å²) in [6.07, 6.45) is 1.38. The lowest BCUT2D eigenvalue weighted by molar-refractivity contribution is 0.0696. The lowest BCUT2D eigenvalue weighted by Crippen LogP contribution is -2.29. The molecular formula is C11H5BrN2O5S2. The topological polar surface area (TPSA) is 105 Å². The molecule has 1 aromatic carbocycles. The molecule has 21 heavy (non-hydrogen) atoms. The molecule has 0 fully saturated rings. The zero-order valence-electron chi connectivity index (χ0n) is 9.98. The molecule has 7 nitrogen and oxygen atoms in total. The minimum Gasteiger partial charge on any atom is -0.478 e. The summed E-state index contributed by atoms with van der Waals surface area (Å²) in [6.45, 7) is 0. The van der Waals surface area contributed by atoms with Crippen molar-refractivity contribution >= 4 is 54.3 Å². The molecule has 1 amide bonds. The highest BCUT2D eigenvalue weighted by atomic mass is 79.9. The van der Waals surface area contributed by atoms with Crippen molar-refractivity contribution in [2.75, 3.05) is 4.31 Å². The zero-order chi connectivity index (χ0) is 15.4. The number of aromatic carboxylic acids is 1. The monoisotopic (exact) mass is 388 g/mol. The fourth-order valence-electron chi connectivity index (χ4n) is 1.89. The number of carboxylic acids is 1. The molecule has 108 valence electrons. The highest BCUT2D eigenvalue weighted by Crippen LogP contribution is 2.38. The van der Waals surface area contributed by atoms with Crippen LogP contribution in [0.2, 0.25) is 0 Å². The van der Waals surface area contributed by atoms with E-state index in [0.717, 1.165) is 17.4 Å². The molecule has 1 aliphatic heterocycles. The number of carbonyl (C=O) groups excluding carboxylic acids is 1. The van der Waals surface area contributed by atoms with Gasteiger partial charge in [-0.05, 0) is 34.1 Å². The number of carbonyl (C=O) groups is 2. The van der Waals surface area contributed by atoms with Crippen molar-refractivity contribution in [2.24, 2.45) is 0 Å². The van der Waals surface area contributed by atoms with E-state index in [-0.39, 0.29) is 21.2 Å². The Hall–Kier alpha value is -1.78. The Bertz CT molecular complexity index is 890. The SMILES string of the molecule is O=C(O)c1ccc2c(c1)S(=O)(=O)N(c1ncc(Br)s1)C2=O. The summed E-state index contributed by atoms with van der Waals surface area (Å²) in [7, 11) is -4.14. The maximum absolute atomic E-state index is 12.4. The van der Waals surface area contributed by atoms with E-state index in [1.165, 1.54) is 18.3 Å². The summed E-state index contributed by atoms with van der Waals surface area (Å²) in [6, 6.07) is 3.37. The molecule has 1 aromatic heterocycles. The van der Waals surface area contributed by atoms with Gasteiger partial charge in [0, 0.05) is 0 Å². The third-order valence-corrected chi connectivity index (χ3v) is 6.09. The standard InChI is InChI=1S/C11H5BrN2O5S2/c12-8-4-13-11(20-8)14-9(15)6-2-1-5(10(16)17)3-7(6)21(14,18)19/h1-4H,(H,16,17). The van der Waals surface area contributed by atoms with E-state index in [9.17, 15) is 18.0 Å². The number of rotatable bonds is 2. The van der Waals surface area contributed by atoms with Crippen molar-refractivity contribution in [3.63, 3.8) is 0 Å². The van der Waals surface area contributed by atoms with Crippen molar-refractivity contribution < 1.29 is 23.1 Å². The second kappa shape index (κ2) is 4.61. The third-order valence-electron chi connectivity index (χ3n) is 2.80. The predicted molar refractivity (Wildman–Crippen MR) is 77.2 cm³/mol. The molecule has 0 saturated carbocycles. The quantitative estimate of drug-likeness (QED) is 0.842. The molecule has 0 aliphatic carbocycles. The van der Waals surface area contributed by atoms with Crippen molar-refractivity contribution in [1.82, 2.24) is 4.98 Å². The first-order valence-electron chi connectivity index (χ1n) is 5.40. The maximum Gasteiger partial charge on any atom is 0.335 e. The summed E-state index contributed by atoms with van der Waals surface area (Å²) in [5, 5.41) is 8.93. The van der Waals surface area contributed by atoms with Crippen LogP contribution >= 0.6 is 27.3 Å². The maximum atomic E-state index is 12.4. The second-order valence-corrected chi connectivity index (χ2v) is 8.18. The van der Waals surface area contributed by atoms with Gasteiger partial charge < -0.3 is 5.11 Å². The van der Waals surface area contributed by atoms with Gasteiger partial charge in [-0.1, -0.05) is 11.3 Å². The molecule has 0 radical (unpaired) electrons. The van der Waals surface area contributed by atoms with E-state index < -0.39 is 21.9 Å². The lowest BCUT2D eigenvalue weighted by Gasteiger charge is -2.10. The van der Waals surface area contributed by atoms with E-state index in [1.807, 2.05) is 0 Å². The number of thiazole rings is 1. The van der Waals surface area contributed by atoms with Gasteiger partial charge in [0.15, 0.2) is 0 Å². The van der Waals surface area contributed by atoms with E-state index in [2.05, 4.69) is 20.9 Å². The average Bonchev–Trinajstić information content (AvgIpc) is 2.90.